The third-order valence-corrected chi connectivity index (χ3v) is 5.39. The Bertz CT molecular complexity index is 821. The second-order valence-corrected chi connectivity index (χ2v) is 7.89. The maximum Gasteiger partial charge on any atom is 0.261 e. The van der Waals surface area contributed by atoms with E-state index in [1.165, 1.54) is 6.07 Å². The van der Waals surface area contributed by atoms with Crippen molar-refractivity contribution in [2.24, 2.45) is 0 Å². The van der Waals surface area contributed by atoms with E-state index >= 15 is 0 Å². The summed E-state index contributed by atoms with van der Waals surface area (Å²) in [6.45, 7) is 4.64. The molecule has 130 valence electrons. The summed E-state index contributed by atoms with van der Waals surface area (Å²) in [4.78, 5) is 0.187. The zero-order valence-corrected chi connectivity index (χ0v) is 16.2. The Morgan fingerprint density at radius 3 is 2.46 bits per heavy atom. The highest BCUT2D eigenvalue weighted by atomic mass is 79.9. The van der Waals surface area contributed by atoms with Gasteiger partial charge in [-0.3, -0.25) is 4.72 Å². The molecule has 0 aliphatic carbocycles. The summed E-state index contributed by atoms with van der Waals surface area (Å²) in [7, 11) is -2.08. The lowest BCUT2D eigenvalue weighted by molar-refractivity contribution is 0.146. The zero-order chi connectivity index (χ0) is 17.7. The summed E-state index contributed by atoms with van der Waals surface area (Å²) < 4.78 is 38.9. The van der Waals surface area contributed by atoms with E-state index < -0.39 is 10.0 Å². The molecule has 5 nitrogen and oxygen atoms in total. The zero-order valence-electron chi connectivity index (χ0n) is 13.8. The summed E-state index contributed by atoms with van der Waals surface area (Å²) in [6.07, 6.45) is 0. The lowest BCUT2D eigenvalue weighted by atomic mass is 10.2. The number of anilines is 1. The van der Waals surface area contributed by atoms with Crippen LogP contribution in [0.25, 0.3) is 0 Å². The minimum atomic E-state index is -3.67. The highest BCUT2D eigenvalue weighted by Gasteiger charge is 2.17. The van der Waals surface area contributed by atoms with Gasteiger partial charge in [-0.15, -0.1) is 0 Å². The molecule has 2 rings (SSSR count). The van der Waals surface area contributed by atoms with Crippen molar-refractivity contribution in [3.63, 3.8) is 0 Å². The van der Waals surface area contributed by atoms with Gasteiger partial charge in [-0.25, -0.2) is 8.42 Å². The van der Waals surface area contributed by atoms with E-state index in [1.54, 1.807) is 25.3 Å². The number of hydrogen-bond acceptors (Lipinski definition) is 4. The van der Waals surface area contributed by atoms with Gasteiger partial charge in [-0.1, -0.05) is 6.07 Å². The van der Waals surface area contributed by atoms with Gasteiger partial charge in [-0.05, 0) is 71.2 Å². The molecule has 2 aromatic carbocycles. The highest BCUT2D eigenvalue weighted by Crippen LogP contribution is 2.27. The first-order valence-electron chi connectivity index (χ1n) is 7.35. The van der Waals surface area contributed by atoms with Gasteiger partial charge < -0.3 is 9.47 Å². The summed E-state index contributed by atoms with van der Waals surface area (Å²) >= 11 is 3.37. The predicted molar refractivity (Wildman–Crippen MR) is 98.2 cm³/mol. The fraction of sp³-hybridized carbons (Fsp3) is 0.294. The minimum absolute atomic E-state index is 0.187. The smallest absolute Gasteiger partial charge is 0.261 e. The molecule has 0 radical (unpaired) electrons. The van der Waals surface area contributed by atoms with Crippen LogP contribution in [-0.4, -0.2) is 28.7 Å². The number of methoxy groups -OCH3 is 1. The Labute approximate surface area is 151 Å². The third kappa shape index (κ3) is 4.72. The van der Waals surface area contributed by atoms with Gasteiger partial charge in [-0.2, -0.15) is 0 Å². The van der Waals surface area contributed by atoms with E-state index in [0.717, 1.165) is 11.1 Å². The van der Waals surface area contributed by atoms with Crippen LogP contribution in [0.5, 0.6) is 5.75 Å². The van der Waals surface area contributed by atoms with Gasteiger partial charge in [0.15, 0.2) is 0 Å². The molecule has 0 fully saturated rings. The van der Waals surface area contributed by atoms with Crippen LogP contribution < -0.4 is 9.46 Å². The van der Waals surface area contributed by atoms with Gasteiger partial charge in [0.1, 0.15) is 12.4 Å². The largest absolute Gasteiger partial charge is 0.491 e. The van der Waals surface area contributed by atoms with E-state index in [1.807, 2.05) is 26.0 Å². The van der Waals surface area contributed by atoms with Crippen LogP contribution in [0.15, 0.2) is 45.8 Å². The van der Waals surface area contributed by atoms with Crippen LogP contribution >= 0.6 is 15.9 Å². The van der Waals surface area contributed by atoms with Gasteiger partial charge in [0.05, 0.1) is 17.2 Å². The molecule has 24 heavy (non-hydrogen) atoms. The topological polar surface area (TPSA) is 64.6 Å². The summed E-state index contributed by atoms with van der Waals surface area (Å²) in [6, 6.07) is 10.2. The molecular formula is C17H20BrNO4S. The van der Waals surface area contributed by atoms with Crippen LogP contribution in [-0.2, 0) is 14.8 Å². The normalized spacial score (nSPS) is 11.3. The molecule has 0 heterocycles. The molecule has 0 amide bonds. The van der Waals surface area contributed by atoms with Crippen LogP contribution in [0.4, 0.5) is 5.69 Å². The first-order valence-corrected chi connectivity index (χ1v) is 9.62. The van der Waals surface area contributed by atoms with E-state index in [9.17, 15) is 8.42 Å². The summed E-state index contributed by atoms with van der Waals surface area (Å²) in [5, 5.41) is 0. The number of sulfonamides is 1. The molecule has 0 unspecified atom stereocenters. The number of halogens is 1. The minimum Gasteiger partial charge on any atom is -0.491 e. The summed E-state index contributed by atoms with van der Waals surface area (Å²) in [5.41, 5.74) is 2.29. The molecule has 0 atom stereocenters. The van der Waals surface area contributed by atoms with Crippen molar-refractivity contribution in [2.75, 3.05) is 25.0 Å². The Morgan fingerprint density at radius 2 is 1.83 bits per heavy atom. The fourth-order valence-electron chi connectivity index (χ4n) is 2.09. The maximum absolute atomic E-state index is 12.6. The van der Waals surface area contributed by atoms with E-state index in [0.29, 0.717) is 29.1 Å². The Balaban J connectivity index is 2.21. The van der Waals surface area contributed by atoms with E-state index in [4.69, 9.17) is 9.47 Å². The molecular weight excluding hydrogens is 394 g/mol. The number of benzene rings is 2. The third-order valence-electron chi connectivity index (χ3n) is 3.37. The maximum atomic E-state index is 12.6. The first-order chi connectivity index (χ1) is 11.3. The molecule has 7 heteroatoms. The second kappa shape index (κ2) is 8.00. The van der Waals surface area contributed by atoms with E-state index in [-0.39, 0.29) is 4.90 Å². The van der Waals surface area contributed by atoms with Crippen molar-refractivity contribution < 1.29 is 17.9 Å². The molecule has 0 saturated carbocycles. The second-order valence-electron chi connectivity index (χ2n) is 5.36. The van der Waals surface area contributed by atoms with Crippen molar-refractivity contribution >= 4 is 31.6 Å². The lowest BCUT2D eigenvalue weighted by Gasteiger charge is -2.13. The monoisotopic (exact) mass is 413 g/mol. The van der Waals surface area contributed by atoms with E-state index in [2.05, 4.69) is 20.7 Å². The van der Waals surface area contributed by atoms with Gasteiger partial charge in [0.25, 0.3) is 10.0 Å². The van der Waals surface area contributed by atoms with Crippen LogP contribution in [0.3, 0.4) is 0 Å². The fourth-order valence-corrected chi connectivity index (χ4v) is 3.98. The van der Waals surface area contributed by atoms with Gasteiger partial charge >= 0.3 is 0 Å². The van der Waals surface area contributed by atoms with Crippen molar-refractivity contribution in [1.82, 2.24) is 0 Å². The van der Waals surface area contributed by atoms with Gasteiger partial charge in [0.2, 0.25) is 0 Å². The van der Waals surface area contributed by atoms with Crippen molar-refractivity contribution in [3.8, 4) is 5.75 Å². The summed E-state index contributed by atoms with van der Waals surface area (Å²) in [5.74, 6) is 0.641. The molecule has 0 aliphatic rings. The molecule has 0 aromatic heterocycles. The van der Waals surface area contributed by atoms with Gasteiger partial charge in [0, 0.05) is 11.6 Å². The van der Waals surface area contributed by atoms with Crippen LogP contribution in [0.2, 0.25) is 0 Å². The standard InChI is InChI=1S/C17H20BrNO4S/c1-12-4-6-16(15(18)10-12)19-24(20,21)14-5-7-17(13(2)11-14)23-9-8-22-3/h4-7,10-11,19H,8-9H2,1-3H3. The molecule has 0 bridgehead atoms. The lowest BCUT2D eigenvalue weighted by Crippen LogP contribution is -2.14. The number of ether oxygens (including phenoxy) is 2. The molecule has 0 saturated heterocycles. The van der Waals surface area contributed by atoms with Crippen molar-refractivity contribution in [3.05, 3.63) is 52.0 Å². The average molecular weight is 414 g/mol. The molecule has 1 N–H and O–H groups in total. The number of hydrogen-bond donors (Lipinski definition) is 1. The Hall–Kier alpha value is -1.57. The quantitative estimate of drug-likeness (QED) is 0.699. The average Bonchev–Trinajstić information content (AvgIpc) is 2.52. The molecule has 0 aliphatic heterocycles. The molecule has 0 spiro atoms. The Morgan fingerprint density at radius 1 is 1.08 bits per heavy atom. The van der Waals surface area contributed by atoms with Crippen molar-refractivity contribution in [1.29, 1.82) is 0 Å². The van der Waals surface area contributed by atoms with Crippen LogP contribution in [0.1, 0.15) is 11.1 Å². The number of nitrogens with one attached hydrogen (secondary N) is 1. The van der Waals surface area contributed by atoms with Crippen LogP contribution in [0, 0.1) is 13.8 Å². The molecule has 2 aromatic rings. The number of aryl methyl sites for hydroxylation is 2. The number of rotatable bonds is 7. The predicted octanol–water partition coefficient (Wildman–Crippen LogP) is 3.89. The first kappa shape index (κ1) is 18.8. The van der Waals surface area contributed by atoms with Crippen molar-refractivity contribution in [2.45, 2.75) is 18.7 Å². The Kier molecular flexibility index (Phi) is 6.26. The SMILES string of the molecule is COCCOc1ccc(S(=O)(=O)Nc2ccc(C)cc2Br)cc1C. The highest BCUT2D eigenvalue weighted by molar-refractivity contribution is 9.10.